The van der Waals surface area contributed by atoms with Crippen LogP contribution < -0.4 is 15.2 Å². The topological polar surface area (TPSA) is 67.1 Å². The molecule has 38 heavy (non-hydrogen) atoms. The number of nitrogens with zero attached hydrogens (tertiary/aromatic N) is 4. The van der Waals surface area contributed by atoms with Crippen molar-refractivity contribution in [3.05, 3.63) is 95.4 Å². The summed E-state index contributed by atoms with van der Waals surface area (Å²) in [7, 11) is 0. The molecule has 1 aliphatic rings. The Morgan fingerprint density at radius 2 is 1.58 bits per heavy atom. The highest BCUT2D eigenvalue weighted by molar-refractivity contribution is 6.18. The molecule has 0 bridgehead atoms. The molecule has 7 heteroatoms. The van der Waals surface area contributed by atoms with Crippen LogP contribution in [0.25, 0.3) is 38.1 Å². The molecule has 3 aromatic carbocycles. The van der Waals surface area contributed by atoms with Crippen molar-refractivity contribution >= 4 is 49.7 Å². The van der Waals surface area contributed by atoms with Crippen LogP contribution >= 0.6 is 0 Å². The number of fused-ring (bicyclic) bond motifs is 5. The van der Waals surface area contributed by atoms with Crippen LogP contribution in [-0.2, 0) is 4.79 Å². The van der Waals surface area contributed by atoms with Gasteiger partial charge in [0, 0.05) is 59.6 Å². The minimum absolute atomic E-state index is 0.0183. The van der Waals surface area contributed by atoms with E-state index in [-0.39, 0.29) is 11.5 Å². The molecule has 0 aliphatic carbocycles. The number of aromatic nitrogens is 2. The van der Waals surface area contributed by atoms with Crippen LogP contribution in [0.2, 0.25) is 0 Å². The predicted octanol–water partition coefficient (Wildman–Crippen LogP) is 4.71. The van der Waals surface area contributed by atoms with E-state index in [9.17, 15) is 9.59 Å². The van der Waals surface area contributed by atoms with Crippen molar-refractivity contribution in [2.75, 3.05) is 31.1 Å². The van der Waals surface area contributed by atoms with Crippen LogP contribution in [-0.4, -0.2) is 52.5 Å². The largest absolute Gasteiger partial charge is 0.481 e. The Bertz CT molecular complexity index is 1870. The van der Waals surface area contributed by atoms with Gasteiger partial charge in [-0.05, 0) is 49.4 Å². The van der Waals surface area contributed by atoms with Crippen LogP contribution in [0, 0.1) is 0 Å². The first kappa shape index (κ1) is 22.5. The SMILES string of the molecule is C[C@H](Oc1ccc2c(c1)c1ccnc3c4ccccc4c(=O)n2c13)C(=O)N1CCN(c2ccccc2)CC1. The summed E-state index contributed by atoms with van der Waals surface area (Å²) in [5, 5.41) is 3.33. The van der Waals surface area contributed by atoms with Crippen LogP contribution in [0.1, 0.15) is 6.92 Å². The molecule has 7 rings (SSSR count). The first-order valence-corrected chi connectivity index (χ1v) is 12.9. The van der Waals surface area contributed by atoms with Gasteiger partial charge in [-0.15, -0.1) is 0 Å². The molecule has 1 aliphatic heterocycles. The number of anilines is 1. The third-order valence-electron chi connectivity index (χ3n) is 7.64. The Morgan fingerprint density at radius 1 is 0.842 bits per heavy atom. The number of carbonyl (C=O) groups excluding carboxylic acids is 1. The molecule has 6 aromatic rings. The van der Waals surface area contributed by atoms with E-state index in [1.54, 1.807) is 17.5 Å². The average Bonchev–Trinajstić information content (AvgIpc) is 3.31. The zero-order chi connectivity index (χ0) is 25.8. The highest BCUT2D eigenvalue weighted by Gasteiger charge is 2.26. The summed E-state index contributed by atoms with van der Waals surface area (Å²) in [6, 6.07) is 25.5. The fraction of sp³-hybridized carbons (Fsp3) is 0.194. The second-order valence-electron chi connectivity index (χ2n) is 9.83. The summed E-state index contributed by atoms with van der Waals surface area (Å²) in [4.78, 5) is 35.5. The van der Waals surface area contributed by atoms with Crippen molar-refractivity contribution in [2.45, 2.75) is 13.0 Å². The Balaban J connectivity index is 1.18. The van der Waals surface area contributed by atoms with Crippen molar-refractivity contribution in [3.8, 4) is 5.75 Å². The lowest BCUT2D eigenvalue weighted by Gasteiger charge is -2.37. The van der Waals surface area contributed by atoms with E-state index in [4.69, 9.17) is 4.74 Å². The average molecular weight is 503 g/mol. The van der Waals surface area contributed by atoms with E-state index in [1.807, 2.05) is 71.6 Å². The number of para-hydroxylation sites is 1. The number of carbonyl (C=O) groups is 1. The maximum absolute atomic E-state index is 13.5. The highest BCUT2D eigenvalue weighted by Crippen LogP contribution is 2.34. The van der Waals surface area contributed by atoms with Gasteiger partial charge < -0.3 is 14.5 Å². The zero-order valence-corrected chi connectivity index (χ0v) is 21.0. The second-order valence-corrected chi connectivity index (χ2v) is 9.83. The molecular weight excluding hydrogens is 476 g/mol. The number of ether oxygens (including phenoxy) is 1. The van der Waals surface area contributed by atoms with Gasteiger partial charge in [-0.3, -0.25) is 19.0 Å². The van der Waals surface area contributed by atoms with Crippen molar-refractivity contribution in [1.82, 2.24) is 14.3 Å². The van der Waals surface area contributed by atoms with Gasteiger partial charge in [0.25, 0.3) is 11.5 Å². The summed E-state index contributed by atoms with van der Waals surface area (Å²) in [5.74, 6) is 0.582. The Hall–Kier alpha value is -4.65. The molecule has 0 unspecified atom stereocenters. The molecule has 0 saturated carbocycles. The van der Waals surface area contributed by atoms with E-state index < -0.39 is 6.10 Å². The molecule has 0 spiro atoms. The molecule has 1 fully saturated rings. The van der Waals surface area contributed by atoms with Crippen LogP contribution in [0.15, 0.2) is 89.9 Å². The molecular formula is C31H26N4O3. The molecule has 3 aromatic heterocycles. The van der Waals surface area contributed by atoms with Gasteiger partial charge in [0.2, 0.25) is 0 Å². The third-order valence-corrected chi connectivity index (χ3v) is 7.64. The third kappa shape index (κ3) is 3.46. The second kappa shape index (κ2) is 8.73. The lowest BCUT2D eigenvalue weighted by Crippen LogP contribution is -2.52. The smallest absolute Gasteiger partial charge is 0.263 e. The molecule has 0 N–H and O–H groups in total. The predicted molar refractivity (Wildman–Crippen MR) is 150 cm³/mol. The number of pyridine rings is 2. The number of piperazine rings is 1. The van der Waals surface area contributed by atoms with E-state index >= 15 is 0 Å². The van der Waals surface area contributed by atoms with Crippen molar-refractivity contribution < 1.29 is 9.53 Å². The van der Waals surface area contributed by atoms with Gasteiger partial charge in [0.15, 0.2) is 6.10 Å². The summed E-state index contributed by atoms with van der Waals surface area (Å²) in [5.41, 5.74) is 3.53. The van der Waals surface area contributed by atoms with E-state index in [0.29, 0.717) is 24.2 Å². The van der Waals surface area contributed by atoms with Gasteiger partial charge in [0.05, 0.1) is 16.6 Å². The van der Waals surface area contributed by atoms with Gasteiger partial charge in [-0.25, -0.2) is 0 Å². The molecule has 1 atom stereocenters. The van der Waals surface area contributed by atoms with E-state index in [2.05, 4.69) is 22.0 Å². The minimum Gasteiger partial charge on any atom is -0.481 e. The van der Waals surface area contributed by atoms with Gasteiger partial charge in [0.1, 0.15) is 5.75 Å². The van der Waals surface area contributed by atoms with E-state index in [0.717, 1.165) is 45.8 Å². The lowest BCUT2D eigenvalue weighted by molar-refractivity contribution is -0.138. The zero-order valence-electron chi connectivity index (χ0n) is 21.0. The Morgan fingerprint density at radius 3 is 2.37 bits per heavy atom. The molecule has 1 amide bonds. The van der Waals surface area contributed by atoms with Gasteiger partial charge >= 0.3 is 0 Å². The number of hydrogen-bond acceptors (Lipinski definition) is 5. The van der Waals surface area contributed by atoms with Crippen LogP contribution in [0.4, 0.5) is 5.69 Å². The van der Waals surface area contributed by atoms with Crippen molar-refractivity contribution in [3.63, 3.8) is 0 Å². The first-order valence-electron chi connectivity index (χ1n) is 12.9. The molecule has 1 saturated heterocycles. The van der Waals surface area contributed by atoms with Crippen LogP contribution in [0.3, 0.4) is 0 Å². The first-order chi connectivity index (χ1) is 18.6. The Kier molecular flexibility index (Phi) is 5.18. The molecule has 7 nitrogen and oxygen atoms in total. The molecule has 0 radical (unpaired) electrons. The quantitative estimate of drug-likeness (QED) is 0.327. The monoisotopic (exact) mass is 502 g/mol. The van der Waals surface area contributed by atoms with Gasteiger partial charge in [-0.2, -0.15) is 0 Å². The fourth-order valence-electron chi connectivity index (χ4n) is 5.76. The number of rotatable bonds is 4. The van der Waals surface area contributed by atoms with Crippen LogP contribution in [0.5, 0.6) is 5.75 Å². The number of hydrogen-bond donors (Lipinski definition) is 0. The molecule has 4 heterocycles. The summed E-state index contributed by atoms with van der Waals surface area (Å²) in [6.07, 6.45) is 1.16. The van der Waals surface area contributed by atoms with Gasteiger partial charge in [-0.1, -0.05) is 36.4 Å². The minimum atomic E-state index is -0.622. The van der Waals surface area contributed by atoms with Crippen molar-refractivity contribution in [2.24, 2.45) is 0 Å². The maximum Gasteiger partial charge on any atom is 0.263 e. The lowest BCUT2D eigenvalue weighted by atomic mass is 10.1. The highest BCUT2D eigenvalue weighted by atomic mass is 16.5. The van der Waals surface area contributed by atoms with E-state index in [1.165, 1.54) is 5.69 Å². The standard InChI is InChI=1S/C31H26N4O3/c1-20(30(36)34-17-15-33(16-18-34)21-7-3-2-4-8-21)38-22-11-12-27-26(19-22)24-13-14-32-28-23-9-5-6-10-25(23)31(37)35(27)29(24)28/h2-14,19-20H,15-18H2,1H3/t20-/m0/s1. The maximum atomic E-state index is 13.5. The fourth-order valence-corrected chi connectivity index (χ4v) is 5.76. The summed E-state index contributed by atoms with van der Waals surface area (Å²) >= 11 is 0. The summed E-state index contributed by atoms with van der Waals surface area (Å²) < 4.78 is 7.91. The summed E-state index contributed by atoms with van der Waals surface area (Å²) in [6.45, 7) is 4.70. The molecule has 188 valence electrons. The Labute approximate surface area is 218 Å². The normalized spacial score (nSPS) is 15.1. The number of benzene rings is 3. The number of amides is 1. The van der Waals surface area contributed by atoms with Crippen molar-refractivity contribution in [1.29, 1.82) is 0 Å².